The number of nitrogens with one attached hydrogen (secondary N) is 1. The van der Waals surface area contributed by atoms with E-state index in [1.165, 1.54) is 0 Å². The average molecular weight is 259 g/mol. The Morgan fingerprint density at radius 2 is 2.16 bits per heavy atom. The van der Waals surface area contributed by atoms with Crippen LogP contribution in [0.25, 0.3) is 11.4 Å². The average Bonchev–Trinajstić information content (AvgIpc) is 3.09. The van der Waals surface area contributed by atoms with Crippen LogP contribution in [0.2, 0.25) is 0 Å². The molecule has 2 aromatic rings. The number of hydrogen-bond acceptors (Lipinski definition) is 5. The molecule has 0 aliphatic carbocycles. The van der Waals surface area contributed by atoms with Crippen molar-refractivity contribution in [1.82, 2.24) is 15.5 Å². The molecule has 0 bridgehead atoms. The van der Waals surface area contributed by atoms with E-state index < -0.39 is 0 Å². The molecule has 5 nitrogen and oxygen atoms in total. The van der Waals surface area contributed by atoms with Crippen LogP contribution in [-0.2, 0) is 5.54 Å². The lowest BCUT2D eigenvalue weighted by atomic mass is 9.94. The SMILES string of the molecule is CCC1(c2nc(-c3ccc(O)cc3)no2)CCCN1. The summed E-state index contributed by atoms with van der Waals surface area (Å²) in [5.41, 5.74) is 0.680. The van der Waals surface area contributed by atoms with E-state index in [0.29, 0.717) is 11.7 Å². The molecule has 1 atom stereocenters. The van der Waals surface area contributed by atoms with Crippen LogP contribution < -0.4 is 5.32 Å². The number of phenols is 1. The van der Waals surface area contributed by atoms with E-state index in [4.69, 9.17) is 4.52 Å². The summed E-state index contributed by atoms with van der Waals surface area (Å²) in [4.78, 5) is 4.51. The predicted octanol–water partition coefficient (Wildman–Crippen LogP) is 2.43. The molecule has 2 N–H and O–H groups in total. The minimum absolute atomic E-state index is 0.165. The van der Waals surface area contributed by atoms with Gasteiger partial charge in [0, 0.05) is 5.56 Å². The Hall–Kier alpha value is -1.88. The molecule has 1 aromatic heterocycles. The summed E-state index contributed by atoms with van der Waals surface area (Å²) in [7, 11) is 0. The molecule has 1 aliphatic rings. The van der Waals surface area contributed by atoms with E-state index in [9.17, 15) is 5.11 Å². The van der Waals surface area contributed by atoms with Gasteiger partial charge in [-0.3, -0.25) is 0 Å². The Kier molecular flexibility index (Phi) is 2.98. The Morgan fingerprint density at radius 3 is 2.79 bits per heavy atom. The predicted molar refractivity (Wildman–Crippen MR) is 70.6 cm³/mol. The van der Waals surface area contributed by atoms with Crippen LogP contribution in [0.1, 0.15) is 32.1 Å². The molecule has 100 valence electrons. The van der Waals surface area contributed by atoms with Gasteiger partial charge in [0.05, 0.1) is 5.54 Å². The van der Waals surface area contributed by atoms with Gasteiger partial charge in [-0.25, -0.2) is 0 Å². The third kappa shape index (κ3) is 2.10. The lowest BCUT2D eigenvalue weighted by molar-refractivity contribution is 0.250. The van der Waals surface area contributed by atoms with Crippen LogP contribution in [0.5, 0.6) is 5.75 Å². The molecule has 1 aliphatic heterocycles. The van der Waals surface area contributed by atoms with Gasteiger partial charge >= 0.3 is 0 Å². The molecule has 0 amide bonds. The van der Waals surface area contributed by atoms with Crippen LogP contribution in [-0.4, -0.2) is 21.8 Å². The monoisotopic (exact) mass is 259 g/mol. The quantitative estimate of drug-likeness (QED) is 0.885. The smallest absolute Gasteiger partial charge is 0.247 e. The molecule has 1 fully saturated rings. The van der Waals surface area contributed by atoms with Crippen molar-refractivity contribution in [3.05, 3.63) is 30.2 Å². The lowest BCUT2D eigenvalue weighted by Crippen LogP contribution is -2.36. The van der Waals surface area contributed by atoms with E-state index in [2.05, 4.69) is 22.4 Å². The van der Waals surface area contributed by atoms with E-state index >= 15 is 0 Å². The summed E-state index contributed by atoms with van der Waals surface area (Å²) in [5.74, 6) is 1.46. The summed E-state index contributed by atoms with van der Waals surface area (Å²) in [5, 5.41) is 16.8. The molecule has 5 heteroatoms. The highest BCUT2D eigenvalue weighted by Crippen LogP contribution is 2.33. The fraction of sp³-hybridized carbons (Fsp3) is 0.429. The standard InChI is InChI=1S/C14H17N3O2/c1-2-14(8-3-9-15-14)13-16-12(17-19-13)10-4-6-11(18)7-5-10/h4-7,15,18H,2-3,8-9H2,1H3. The summed E-state index contributed by atoms with van der Waals surface area (Å²) in [6.45, 7) is 3.12. The van der Waals surface area contributed by atoms with Gasteiger partial charge in [0.2, 0.25) is 11.7 Å². The number of benzene rings is 1. The Balaban J connectivity index is 1.92. The van der Waals surface area contributed by atoms with E-state index in [0.717, 1.165) is 31.4 Å². The van der Waals surface area contributed by atoms with E-state index in [1.807, 2.05) is 0 Å². The molecular formula is C14H17N3O2. The molecule has 0 saturated carbocycles. The number of aromatic nitrogens is 2. The zero-order valence-corrected chi connectivity index (χ0v) is 10.9. The normalized spacial score (nSPS) is 22.8. The summed E-state index contributed by atoms with van der Waals surface area (Å²) < 4.78 is 5.44. The van der Waals surface area contributed by atoms with Crippen LogP contribution in [0.4, 0.5) is 0 Å². The molecule has 1 aromatic carbocycles. The van der Waals surface area contributed by atoms with Gasteiger partial charge in [0.1, 0.15) is 5.75 Å². The molecule has 3 rings (SSSR count). The number of rotatable bonds is 3. The van der Waals surface area contributed by atoms with Crippen molar-refractivity contribution >= 4 is 0 Å². The van der Waals surface area contributed by atoms with Gasteiger partial charge in [-0.15, -0.1) is 0 Å². The number of phenolic OH excluding ortho intramolecular Hbond substituents is 1. The Labute approximate surface area is 111 Å². The molecule has 19 heavy (non-hydrogen) atoms. The van der Waals surface area contributed by atoms with Crippen molar-refractivity contribution in [2.75, 3.05) is 6.54 Å². The molecule has 1 unspecified atom stereocenters. The van der Waals surface area contributed by atoms with Crippen molar-refractivity contribution in [1.29, 1.82) is 0 Å². The first kappa shape index (κ1) is 12.2. The fourth-order valence-corrected chi connectivity index (χ4v) is 2.59. The second-order valence-electron chi connectivity index (χ2n) is 4.94. The molecule has 0 spiro atoms. The summed E-state index contributed by atoms with van der Waals surface area (Å²) >= 11 is 0. The minimum Gasteiger partial charge on any atom is -0.508 e. The van der Waals surface area contributed by atoms with Crippen molar-refractivity contribution < 1.29 is 9.63 Å². The van der Waals surface area contributed by atoms with Gasteiger partial charge in [-0.2, -0.15) is 4.98 Å². The topological polar surface area (TPSA) is 71.2 Å². The van der Waals surface area contributed by atoms with Gasteiger partial charge in [-0.05, 0) is 50.1 Å². The third-order valence-corrected chi connectivity index (χ3v) is 3.81. The Bertz CT molecular complexity index is 556. The van der Waals surface area contributed by atoms with Crippen molar-refractivity contribution in [3.8, 4) is 17.1 Å². The zero-order valence-electron chi connectivity index (χ0n) is 10.9. The molecule has 0 radical (unpaired) electrons. The zero-order chi connectivity index (χ0) is 13.3. The molecular weight excluding hydrogens is 242 g/mol. The highest BCUT2D eigenvalue weighted by atomic mass is 16.5. The largest absolute Gasteiger partial charge is 0.508 e. The first-order chi connectivity index (χ1) is 9.23. The summed E-state index contributed by atoms with van der Waals surface area (Å²) in [6.07, 6.45) is 3.09. The maximum Gasteiger partial charge on any atom is 0.247 e. The van der Waals surface area contributed by atoms with Crippen LogP contribution in [0, 0.1) is 0 Å². The van der Waals surface area contributed by atoms with E-state index in [-0.39, 0.29) is 11.3 Å². The van der Waals surface area contributed by atoms with Crippen molar-refractivity contribution in [2.24, 2.45) is 0 Å². The number of nitrogens with zero attached hydrogens (tertiary/aromatic N) is 2. The Morgan fingerprint density at radius 1 is 1.37 bits per heavy atom. The van der Waals surface area contributed by atoms with Gasteiger partial charge in [-0.1, -0.05) is 12.1 Å². The highest BCUT2D eigenvalue weighted by Gasteiger charge is 2.38. The maximum atomic E-state index is 9.29. The first-order valence-corrected chi connectivity index (χ1v) is 6.62. The number of hydrogen-bond donors (Lipinski definition) is 2. The fourth-order valence-electron chi connectivity index (χ4n) is 2.59. The van der Waals surface area contributed by atoms with Crippen LogP contribution in [0.15, 0.2) is 28.8 Å². The van der Waals surface area contributed by atoms with Crippen molar-refractivity contribution in [3.63, 3.8) is 0 Å². The molecule has 1 saturated heterocycles. The third-order valence-electron chi connectivity index (χ3n) is 3.81. The van der Waals surface area contributed by atoms with Crippen LogP contribution in [0.3, 0.4) is 0 Å². The van der Waals surface area contributed by atoms with E-state index in [1.54, 1.807) is 24.3 Å². The second-order valence-corrected chi connectivity index (χ2v) is 4.94. The van der Waals surface area contributed by atoms with Gasteiger partial charge in [0.25, 0.3) is 0 Å². The lowest BCUT2D eigenvalue weighted by Gasteiger charge is -2.22. The first-order valence-electron chi connectivity index (χ1n) is 6.62. The van der Waals surface area contributed by atoms with Gasteiger partial charge in [0.15, 0.2) is 0 Å². The second kappa shape index (κ2) is 4.66. The summed E-state index contributed by atoms with van der Waals surface area (Å²) in [6, 6.07) is 6.80. The highest BCUT2D eigenvalue weighted by molar-refractivity contribution is 5.55. The molecule has 2 heterocycles. The maximum absolute atomic E-state index is 9.29. The van der Waals surface area contributed by atoms with Crippen molar-refractivity contribution in [2.45, 2.75) is 31.7 Å². The minimum atomic E-state index is -0.165. The van der Waals surface area contributed by atoms with Crippen LogP contribution >= 0.6 is 0 Å². The van der Waals surface area contributed by atoms with Gasteiger partial charge < -0.3 is 14.9 Å². The number of aromatic hydroxyl groups is 1.